The van der Waals surface area contributed by atoms with Crippen LogP contribution in [0.2, 0.25) is 0 Å². The molecule has 1 heterocycles. The minimum Gasteiger partial charge on any atom is -0.383 e. The highest BCUT2D eigenvalue weighted by molar-refractivity contribution is 5.97. The highest BCUT2D eigenvalue weighted by atomic mass is 16.5. The molecule has 0 aliphatic heterocycles. The Morgan fingerprint density at radius 1 is 1.20 bits per heavy atom. The molecule has 0 atom stereocenters. The number of imidazole rings is 1. The maximum absolute atomic E-state index is 12.3. The van der Waals surface area contributed by atoms with Crippen LogP contribution in [-0.4, -0.2) is 35.7 Å². The summed E-state index contributed by atoms with van der Waals surface area (Å²) < 4.78 is 6.63. The Kier molecular flexibility index (Phi) is 5.30. The van der Waals surface area contributed by atoms with Crippen LogP contribution in [0.15, 0.2) is 53.3 Å². The zero-order valence-electron chi connectivity index (χ0n) is 14.1. The zero-order valence-corrected chi connectivity index (χ0v) is 14.1. The molecule has 0 saturated heterocycles. The molecule has 0 bridgehead atoms. The van der Waals surface area contributed by atoms with Crippen LogP contribution in [-0.2, 0) is 17.7 Å². The van der Waals surface area contributed by atoms with Crippen molar-refractivity contribution in [1.29, 1.82) is 0 Å². The highest BCUT2D eigenvalue weighted by Gasteiger charge is 2.10. The molecular formula is C19H21N3O3. The fourth-order valence-corrected chi connectivity index (χ4v) is 2.78. The molecule has 3 aromatic rings. The van der Waals surface area contributed by atoms with Gasteiger partial charge in [-0.1, -0.05) is 30.3 Å². The van der Waals surface area contributed by atoms with E-state index in [9.17, 15) is 9.59 Å². The zero-order chi connectivity index (χ0) is 17.6. The Hall–Kier alpha value is -2.86. The quantitative estimate of drug-likeness (QED) is 0.691. The number of nitrogens with zero attached hydrogens (tertiary/aromatic N) is 1. The lowest BCUT2D eigenvalue weighted by Gasteiger charge is -2.06. The second-order valence-corrected chi connectivity index (χ2v) is 5.80. The number of benzene rings is 2. The number of aromatic amines is 1. The lowest BCUT2D eigenvalue weighted by Crippen LogP contribution is -2.25. The summed E-state index contributed by atoms with van der Waals surface area (Å²) >= 11 is 0. The molecule has 0 aliphatic carbocycles. The van der Waals surface area contributed by atoms with Crippen molar-refractivity contribution in [2.45, 2.75) is 13.0 Å². The molecule has 0 fully saturated rings. The first-order valence-corrected chi connectivity index (χ1v) is 8.22. The van der Waals surface area contributed by atoms with Gasteiger partial charge in [0.05, 0.1) is 24.2 Å². The van der Waals surface area contributed by atoms with Crippen molar-refractivity contribution in [2.24, 2.45) is 0 Å². The van der Waals surface area contributed by atoms with Crippen molar-refractivity contribution in [3.63, 3.8) is 0 Å². The van der Waals surface area contributed by atoms with Gasteiger partial charge in [0.1, 0.15) is 0 Å². The van der Waals surface area contributed by atoms with E-state index in [0.717, 1.165) is 11.9 Å². The molecule has 3 rings (SSSR count). The van der Waals surface area contributed by atoms with Gasteiger partial charge >= 0.3 is 5.69 Å². The molecule has 0 spiro atoms. The van der Waals surface area contributed by atoms with Gasteiger partial charge < -0.3 is 15.0 Å². The van der Waals surface area contributed by atoms with E-state index in [-0.39, 0.29) is 11.6 Å². The predicted molar refractivity (Wildman–Crippen MR) is 96.9 cm³/mol. The van der Waals surface area contributed by atoms with E-state index in [1.165, 1.54) is 5.56 Å². The smallest absolute Gasteiger partial charge is 0.326 e. The third-order valence-electron chi connectivity index (χ3n) is 4.10. The Morgan fingerprint density at radius 3 is 2.76 bits per heavy atom. The second-order valence-electron chi connectivity index (χ2n) is 5.80. The Labute approximate surface area is 145 Å². The maximum Gasteiger partial charge on any atom is 0.326 e. The molecule has 0 aliphatic rings. The number of aromatic nitrogens is 2. The van der Waals surface area contributed by atoms with Crippen molar-refractivity contribution < 1.29 is 9.53 Å². The van der Waals surface area contributed by atoms with Crippen LogP contribution in [0.3, 0.4) is 0 Å². The fraction of sp³-hybridized carbons (Fsp3) is 0.263. The first-order valence-electron chi connectivity index (χ1n) is 8.22. The van der Waals surface area contributed by atoms with Crippen LogP contribution >= 0.6 is 0 Å². The molecule has 0 unspecified atom stereocenters. The molecule has 1 aromatic heterocycles. The van der Waals surface area contributed by atoms with Gasteiger partial charge in [0, 0.05) is 19.2 Å². The summed E-state index contributed by atoms with van der Waals surface area (Å²) in [7, 11) is 1.60. The predicted octanol–water partition coefficient (Wildman–Crippen LogP) is 1.95. The van der Waals surface area contributed by atoms with Gasteiger partial charge in [-0.3, -0.25) is 9.36 Å². The third-order valence-corrected chi connectivity index (χ3v) is 4.10. The Morgan fingerprint density at radius 2 is 2.00 bits per heavy atom. The average molecular weight is 339 g/mol. The van der Waals surface area contributed by atoms with E-state index < -0.39 is 0 Å². The summed E-state index contributed by atoms with van der Waals surface area (Å²) in [6.45, 7) is 1.48. The Bertz CT molecular complexity index is 913. The van der Waals surface area contributed by atoms with Crippen LogP contribution in [0, 0.1) is 0 Å². The van der Waals surface area contributed by atoms with Crippen molar-refractivity contribution >= 4 is 16.9 Å². The molecule has 130 valence electrons. The first kappa shape index (κ1) is 17.0. The van der Waals surface area contributed by atoms with Crippen LogP contribution in [0.1, 0.15) is 15.9 Å². The van der Waals surface area contributed by atoms with Crippen molar-refractivity contribution in [3.8, 4) is 0 Å². The number of carbonyl (C=O) groups is 1. The number of hydrogen-bond acceptors (Lipinski definition) is 3. The molecule has 0 saturated carbocycles. The number of H-pyrrole nitrogens is 1. The topological polar surface area (TPSA) is 76.1 Å². The first-order chi connectivity index (χ1) is 12.2. The molecule has 2 N–H and O–H groups in total. The standard InChI is InChI=1S/C19H21N3O3/c1-25-12-11-22-17-8-7-15(13-16(17)21-19(22)24)18(23)20-10-9-14-5-3-2-4-6-14/h2-8,13H,9-12H2,1H3,(H,20,23)(H,21,24). The lowest BCUT2D eigenvalue weighted by molar-refractivity contribution is 0.0954. The normalized spacial score (nSPS) is 10.9. The van der Waals surface area contributed by atoms with Crippen LogP contribution in [0.5, 0.6) is 0 Å². The van der Waals surface area contributed by atoms with E-state index in [1.807, 2.05) is 30.3 Å². The van der Waals surface area contributed by atoms with Crippen LogP contribution < -0.4 is 11.0 Å². The van der Waals surface area contributed by atoms with E-state index in [2.05, 4.69) is 10.3 Å². The minimum absolute atomic E-state index is 0.150. The molecule has 2 aromatic carbocycles. The number of methoxy groups -OCH3 is 1. The van der Waals surface area contributed by atoms with Gasteiger partial charge in [0.15, 0.2) is 0 Å². The molecular weight excluding hydrogens is 318 g/mol. The van der Waals surface area contributed by atoms with Gasteiger partial charge in [-0.25, -0.2) is 4.79 Å². The summed E-state index contributed by atoms with van der Waals surface area (Å²) in [5.41, 5.74) is 2.92. The molecule has 6 heteroatoms. The number of fused-ring (bicyclic) bond motifs is 1. The van der Waals surface area contributed by atoms with Gasteiger partial charge in [-0.15, -0.1) is 0 Å². The lowest BCUT2D eigenvalue weighted by atomic mass is 10.1. The van der Waals surface area contributed by atoms with Crippen LogP contribution in [0.25, 0.3) is 11.0 Å². The molecule has 1 amide bonds. The van der Waals surface area contributed by atoms with Crippen molar-refractivity contribution in [3.05, 3.63) is 70.1 Å². The second kappa shape index (κ2) is 7.81. The highest BCUT2D eigenvalue weighted by Crippen LogP contribution is 2.13. The Balaban J connectivity index is 1.68. The van der Waals surface area contributed by atoms with E-state index in [0.29, 0.717) is 30.8 Å². The van der Waals surface area contributed by atoms with E-state index in [1.54, 1.807) is 29.9 Å². The minimum atomic E-state index is -0.200. The SMILES string of the molecule is COCCn1c(=O)[nH]c2cc(C(=O)NCCc3ccccc3)ccc21. The average Bonchev–Trinajstić information content (AvgIpc) is 2.95. The van der Waals surface area contributed by atoms with Gasteiger partial charge in [-0.2, -0.15) is 0 Å². The van der Waals surface area contributed by atoms with Gasteiger partial charge in [0.2, 0.25) is 0 Å². The fourth-order valence-electron chi connectivity index (χ4n) is 2.78. The third kappa shape index (κ3) is 3.97. The molecule has 0 radical (unpaired) electrons. The van der Waals surface area contributed by atoms with E-state index >= 15 is 0 Å². The van der Waals surface area contributed by atoms with E-state index in [4.69, 9.17) is 4.74 Å². The summed E-state index contributed by atoms with van der Waals surface area (Å²) in [4.78, 5) is 27.1. The van der Waals surface area contributed by atoms with Gasteiger partial charge in [-0.05, 0) is 30.2 Å². The van der Waals surface area contributed by atoms with Crippen molar-refractivity contribution in [1.82, 2.24) is 14.9 Å². The number of amides is 1. The summed E-state index contributed by atoms with van der Waals surface area (Å²) in [5, 5.41) is 2.91. The van der Waals surface area contributed by atoms with Gasteiger partial charge in [0.25, 0.3) is 5.91 Å². The number of hydrogen-bond donors (Lipinski definition) is 2. The van der Waals surface area contributed by atoms with Crippen LogP contribution in [0.4, 0.5) is 0 Å². The number of ether oxygens (including phenoxy) is 1. The monoisotopic (exact) mass is 339 g/mol. The van der Waals surface area contributed by atoms with Crippen molar-refractivity contribution in [2.75, 3.05) is 20.3 Å². The number of rotatable bonds is 7. The number of carbonyl (C=O) groups excluding carboxylic acids is 1. The number of nitrogens with one attached hydrogen (secondary N) is 2. The largest absolute Gasteiger partial charge is 0.383 e. The molecule has 6 nitrogen and oxygen atoms in total. The summed E-state index contributed by atoms with van der Waals surface area (Å²) in [5.74, 6) is -0.150. The maximum atomic E-state index is 12.3. The molecule has 25 heavy (non-hydrogen) atoms. The summed E-state index contributed by atoms with van der Waals surface area (Å²) in [6.07, 6.45) is 0.777. The summed E-state index contributed by atoms with van der Waals surface area (Å²) in [6, 6.07) is 15.2.